The average Bonchev–Trinajstić information content (AvgIpc) is 2.69. The molecular weight excluding hydrogens is 330 g/mol. The number of rotatable bonds is 5. The molecule has 0 spiro atoms. The van der Waals surface area contributed by atoms with Crippen molar-refractivity contribution in [3.8, 4) is 5.75 Å². The molecule has 6 heteroatoms. The van der Waals surface area contributed by atoms with Crippen molar-refractivity contribution in [1.82, 2.24) is 4.98 Å². The third kappa shape index (κ3) is 4.24. The van der Waals surface area contributed by atoms with Crippen molar-refractivity contribution in [2.75, 3.05) is 17.7 Å². The standard InChI is InChI=1S/C20H17N3O3/c1-26-17-11-7-15(8-12-17)19(24)22-16-9-5-14(6-10-16)20(25)23-18-4-2-3-13-21-18/h2-13H,1H3,(H,22,24)(H,21,23,25). The largest absolute Gasteiger partial charge is 0.497 e. The molecule has 3 aromatic rings. The first-order valence-electron chi connectivity index (χ1n) is 7.93. The summed E-state index contributed by atoms with van der Waals surface area (Å²) in [6.07, 6.45) is 1.60. The summed E-state index contributed by atoms with van der Waals surface area (Å²) in [5.74, 6) is 0.661. The maximum atomic E-state index is 12.2. The number of methoxy groups -OCH3 is 1. The van der Waals surface area contributed by atoms with Crippen LogP contribution in [0.4, 0.5) is 11.5 Å². The summed E-state index contributed by atoms with van der Waals surface area (Å²) in [5, 5.41) is 5.49. The molecule has 2 N–H and O–H groups in total. The predicted molar refractivity (Wildman–Crippen MR) is 99.6 cm³/mol. The Bertz CT molecular complexity index is 892. The molecule has 0 saturated heterocycles. The maximum Gasteiger partial charge on any atom is 0.256 e. The minimum Gasteiger partial charge on any atom is -0.497 e. The molecule has 0 aliphatic rings. The average molecular weight is 347 g/mol. The number of aromatic nitrogens is 1. The van der Waals surface area contributed by atoms with E-state index in [1.54, 1.807) is 80.0 Å². The Morgan fingerprint density at radius 2 is 1.42 bits per heavy atom. The van der Waals surface area contributed by atoms with Crippen LogP contribution in [0.5, 0.6) is 5.75 Å². The molecule has 26 heavy (non-hydrogen) atoms. The first-order valence-corrected chi connectivity index (χ1v) is 7.93. The number of amides is 2. The third-order valence-corrected chi connectivity index (χ3v) is 3.66. The van der Waals surface area contributed by atoms with E-state index in [1.807, 2.05) is 0 Å². The van der Waals surface area contributed by atoms with Crippen molar-refractivity contribution in [3.05, 3.63) is 84.1 Å². The van der Waals surface area contributed by atoms with Gasteiger partial charge in [0.25, 0.3) is 11.8 Å². The zero-order valence-electron chi connectivity index (χ0n) is 14.1. The zero-order valence-corrected chi connectivity index (χ0v) is 14.1. The smallest absolute Gasteiger partial charge is 0.256 e. The van der Waals surface area contributed by atoms with Crippen LogP contribution in [0.2, 0.25) is 0 Å². The third-order valence-electron chi connectivity index (χ3n) is 3.66. The Morgan fingerprint density at radius 3 is 2.00 bits per heavy atom. The van der Waals surface area contributed by atoms with Crippen LogP contribution in [0.1, 0.15) is 20.7 Å². The van der Waals surface area contributed by atoms with E-state index in [2.05, 4.69) is 15.6 Å². The van der Waals surface area contributed by atoms with Crippen molar-refractivity contribution in [3.63, 3.8) is 0 Å². The van der Waals surface area contributed by atoms with Crippen LogP contribution in [-0.4, -0.2) is 23.9 Å². The fraction of sp³-hybridized carbons (Fsp3) is 0.0500. The van der Waals surface area contributed by atoms with Crippen LogP contribution in [0, 0.1) is 0 Å². The fourth-order valence-electron chi connectivity index (χ4n) is 2.28. The predicted octanol–water partition coefficient (Wildman–Crippen LogP) is 3.59. The Balaban J connectivity index is 1.63. The molecule has 0 atom stereocenters. The van der Waals surface area contributed by atoms with Gasteiger partial charge in [0.05, 0.1) is 7.11 Å². The second-order valence-electron chi connectivity index (χ2n) is 5.43. The van der Waals surface area contributed by atoms with Gasteiger partial charge in [0, 0.05) is 23.0 Å². The highest BCUT2D eigenvalue weighted by Crippen LogP contribution is 2.15. The molecule has 0 saturated carbocycles. The van der Waals surface area contributed by atoms with E-state index < -0.39 is 0 Å². The Labute approximate surface area is 150 Å². The van der Waals surface area contributed by atoms with Gasteiger partial charge in [-0.25, -0.2) is 4.98 Å². The molecule has 130 valence electrons. The minimum absolute atomic E-state index is 0.238. The lowest BCUT2D eigenvalue weighted by Crippen LogP contribution is -2.14. The maximum absolute atomic E-state index is 12.2. The number of ether oxygens (including phenoxy) is 1. The van der Waals surface area contributed by atoms with Gasteiger partial charge in [-0.05, 0) is 60.7 Å². The van der Waals surface area contributed by atoms with Gasteiger partial charge in [-0.2, -0.15) is 0 Å². The van der Waals surface area contributed by atoms with E-state index in [4.69, 9.17) is 4.74 Å². The number of hydrogen-bond donors (Lipinski definition) is 2. The number of hydrogen-bond acceptors (Lipinski definition) is 4. The van der Waals surface area contributed by atoms with E-state index in [0.29, 0.717) is 28.4 Å². The number of carbonyl (C=O) groups is 2. The molecular formula is C20H17N3O3. The fourth-order valence-corrected chi connectivity index (χ4v) is 2.28. The van der Waals surface area contributed by atoms with E-state index >= 15 is 0 Å². The van der Waals surface area contributed by atoms with Gasteiger partial charge in [-0.15, -0.1) is 0 Å². The molecule has 0 bridgehead atoms. The highest BCUT2D eigenvalue weighted by molar-refractivity contribution is 6.06. The highest BCUT2D eigenvalue weighted by atomic mass is 16.5. The SMILES string of the molecule is COc1ccc(C(=O)Nc2ccc(C(=O)Nc3ccccn3)cc2)cc1. The second kappa shape index (κ2) is 7.94. The van der Waals surface area contributed by atoms with Gasteiger partial charge in [0.2, 0.25) is 0 Å². The van der Waals surface area contributed by atoms with Crippen LogP contribution in [0.15, 0.2) is 72.9 Å². The molecule has 0 radical (unpaired) electrons. The van der Waals surface area contributed by atoms with Gasteiger partial charge >= 0.3 is 0 Å². The van der Waals surface area contributed by atoms with Gasteiger partial charge in [0.1, 0.15) is 11.6 Å². The van der Waals surface area contributed by atoms with E-state index in [-0.39, 0.29) is 11.8 Å². The molecule has 0 fully saturated rings. The van der Waals surface area contributed by atoms with E-state index in [0.717, 1.165) is 0 Å². The van der Waals surface area contributed by atoms with Crippen molar-refractivity contribution in [1.29, 1.82) is 0 Å². The summed E-state index contributed by atoms with van der Waals surface area (Å²) in [6.45, 7) is 0. The normalized spacial score (nSPS) is 10.0. The molecule has 1 aromatic heterocycles. The highest BCUT2D eigenvalue weighted by Gasteiger charge is 2.09. The lowest BCUT2D eigenvalue weighted by molar-refractivity contribution is 0.101. The topological polar surface area (TPSA) is 80.3 Å². The van der Waals surface area contributed by atoms with Crippen molar-refractivity contribution in [2.24, 2.45) is 0 Å². The number of benzene rings is 2. The summed E-state index contributed by atoms with van der Waals surface area (Å²) in [4.78, 5) is 28.5. The van der Waals surface area contributed by atoms with Gasteiger partial charge < -0.3 is 15.4 Å². The minimum atomic E-state index is -0.267. The van der Waals surface area contributed by atoms with Crippen LogP contribution in [0.25, 0.3) is 0 Å². The number of nitrogens with zero attached hydrogens (tertiary/aromatic N) is 1. The van der Waals surface area contributed by atoms with Crippen molar-refractivity contribution >= 4 is 23.3 Å². The molecule has 0 aliphatic heterocycles. The van der Waals surface area contributed by atoms with Crippen LogP contribution < -0.4 is 15.4 Å². The molecule has 6 nitrogen and oxygen atoms in total. The Kier molecular flexibility index (Phi) is 5.24. The first kappa shape index (κ1) is 17.2. The Morgan fingerprint density at radius 1 is 0.808 bits per heavy atom. The van der Waals surface area contributed by atoms with Gasteiger partial charge in [-0.1, -0.05) is 6.07 Å². The van der Waals surface area contributed by atoms with Gasteiger partial charge in [0.15, 0.2) is 0 Å². The molecule has 3 rings (SSSR count). The summed E-state index contributed by atoms with van der Waals surface area (Å²) < 4.78 is 5.07. The molecule has 2 amide bonds. The van der Waals surface area contributed by atoms with Crippen LogP contribution in [-0.2, 0) is 0 Å². The lowest BCUT2D eigenvalue weighted by Gasteiger charge is -2.08. The molecule has 1 heterocycles. The molecule has 0 unspecified atom stereocenters. The Hall–Kier alpha value is -3.67. The summed E-state index contributed by atoms with van der Waals surface area (Å²) in [6, 6.07) is 18.7. The van der Waals surface area contributed by atoms with Gasteiger partial charge in [-0.3, -0.25) is 9.59 Å². The summed E-state index contributed by atoms with van der Waals surface area (Å²) in [7, 11) is 1.57. The number of pyridine rings is 1. The quantitative estimate of drug-likeness (QED) is 0.739. The van der Waals surface area contributed by atoms with Crippen molar-refractivity contribution in [2.45, 2.75) is 0 Å². The lowest BCUT2D eigenvalue weighted by atomic mass is 10.1. The number of nitrogens with one attached hydrogen (secondary N) is 2. The first-order chi connectivity index (χ1) is 12.7. The summed E-state index contributed by atoms with van der Waals surface area (Å²) in [5.41, 5.74) is 1.58. The molecule has 0 aliphatic carbocycles. The second-order valence-corrected chi connectivity index (χ2v) is 5.43. The van der Waals surface area contributed by atoms with E-state index in [1.165, 1.54) is 0 Å². The zero-order chi connectivity index (χ0) is 18.4. The number of anilines is 2. The molecule has 2 aromatic carbocycles. The number of carbonyl (C=O) groups excluding carboxylic acids is 2. The van der Waals surface area contributed by atoms with Crippen LogP contribution >= 0.6 is 0 Å². The summed E-state index contributed by atoms with van der Waals surface area (Å²) >= 11 is 0. The van der Waals surface area contributed by atoms with E-state index in [9.17, 15) is 9.59 Å². The van der Waals surface area contributed by atoms with Crippen molar-refractivity contribution < 1.29 is 14.3 Å². The van der Waals surface area contributed by atoms with Crippen LogP contribution in [0.3, 0.4) is 0 Å². The monoisotopic (exact) mass is 347 g/mol.